The van der Waals surface area contributed by atoms with Crippen molar-refractivity contribution in [1.82, 2.24) is 0 Å². The third-order valence-corrected chi connectivity index (χ3v) is 2.50. The summed E-state index contributed by atoms with van der Waals surface area (Å²) in [5.74, 6) is -0.0818. The van der Waals surface area contributed by atoms with Crippen molar-refractivity contribution in [2.75, 3.05) is 0 Å². The van der Waals surface area contributed by atoms with E-state index in [1.807, 2.05) is 6.92 Å². The number of ketones is 1. The van der Waals surface area contributed by atoms with Crippen molar-refractivity contribution >= 4 is 29.0 Å². The smallest absolute Gasteiger partial charge is 0.180 e. The SMILES string of the molecule is Cc1c(Cl)cccc1C(=O)C(C)Cl. The first kappa shape index (κ1) is 10.6. The van der Waals surface area contributed by atoms with Crippen LogP contribution in [-0.4, -0.2) is 11.2 Å². The maximum atomic E-state index is 11.5. The van der Waals surface area contributed by atoms with Crippen molar-refractivity contribution in [3.8, 4) is 0 Å². The third kappa shape index (κ3) is 2.23. The molecule has 0 amide bonds. The van der Waals surface area contributed by atoms with Crippen molar-refractivity contribution in [2.45, 2.75) is 19.2 Å². The van der Waals surface area contributed by atoms with Crippen LogP contribution in [-0.2, 0) is 0 Å². The Hall–Kier alpha value is -0.530. The van der Waals surface area contributed by atoms with E-state index in [0.29, 0.717) is 10.6 Å². The van der Waals surface area contributed by atoms with E-state index < -0.39 is 5.38 Å². The number of rotatable bonds is 2. The molecule has 1 rings (SSSR count). The summed E-state index contributed by atoms with van der Waals surface area (Å²) in [7, 11) is 0. The van der Waals surface area contributed by atoms with Gasteiger partial charge in [-0.2, -0.15) is 0 Å². The minimum absolute atomic E-state index is 0.0818. The molecule has 0 N–H and O–H groups in total. The number of carbonyl (C=O) groups excluding carboxylic acids is 1. The van der Waals surface area contributed by atoms with E-state index in [0.717, 1.165) is 5.56 Å². The molecule has 0 aliphatic rings. The van der Waals surface area contributed by atoms with Crippen LogP contribution in [0.3, 0.4) is 0 Å². The molecule has 0 aromatic heterocycles. The summed E-state index contributed by atoms with van der Waals surface area (Å²) < 4.78 is 0. The zero-order valence-corrected chi connectivity index (χ0v) is 8.99. The second-order valence-electron chi connectivity index (χ2n) is 2.89. The molecule has 0 radical (unpaired) electrons. The van der Waals surface area contributed by atoms with Gasteiger partial charge in [-0.25, -0.2) is 0 Å². The van der Waals surface area contributed by atoms with E-state index in [1.54, 1.807) is 25.1 Å². The van der Waals surface area contributed by atoms with Crippen LogP contribution in [0.1, 0.15) is 22.8 Å². The quantitative estimate of drug-likeness (QED) is 0.547. The first-order valence-corrected chi connectivity index (χ1v) is 4.79. The van der Waals surface area contributed by atoms with Gasteiger partial charge in [0.1, 0.15) is 0 Å². The van der Waals surface area contributed by atoms with Crippen LogP contribution in [0.15, 0.2) is 18.2 Å². The van der Waals surface area contributed by atoms with Gasteiger partial charge in [-0.3, -0.25) is 4.79 Å². The van der Waals surface area contributed by atoms with Gasteiger partial charge in [0, 0.05) is 10.6 Å². The Labute approximate surface area is 87.7 Å². The molecule has 1 aromatic carbocycles. The Morgan fingerprint density at radius 3 is 2.62 bits per heavy atom. The Kier molecular flexibility index (Phi) is 3.34. The predicted molar refractivity (Wildman–Crippen MR) is 55.8 cm³/mol. The van der Waals surface area contributed by atoms with E-state index in [1.165, 1.54) is 0 Å². The summed E-state index contributed by atoms with van der Waals surface area (Å²) in [5.41, 5.74) is 1.40. The zero-order chi connectivity index (χ0) is 10.0. The first-order chi connectivity index (χ1) is 6.04. The predicted octanol–water partition coefficient (Wildman–Crippen LogP) is 3.46. The lowest BCUT2D eigenvalue weighted by Crippen LogP contribution is -2.12. The van der Waals surface area contributed by atoms with Crippen LogP contribution in [0, 0.1) is 6.92 Å². The number of hydrogen-bond donors (Lipinski definition) is 0. The van der Waals surface area contributed by atoms with Gasteiger partial charge in [-0.15, -0.1) is 11.6 Å². The van der Waals surface area contributed by atoms with Crippen LogP contribution in [0.4, 0.5) is 0 Å². The number of halogens is 2. The van der Waals surface area contributed by atoms with Crippen molar-refractivity contribution in [3.05, 3.63) is 34.3 Å². The highest BCUT2D eigenvalue weighted by molar-refractivity contribution is 6.35. The van der Waals surface area contributed by atoms with Gasteiger partial charge in [0.15, 0.2) is 5.78 Å². The lowest BCUT2D eigenvalue weighted by molar-refractivity contribution is 0.0991. The molecule has 0 bridgehead atoms. The average Bonchev–Trinajstić information content (AvgIpc) is 2.08. The molecule has 0 fully saturated rings. The van der Waals surface area contributed by atoms with Crippen molar-refractivity contribution in [2.24, 2.45) is 0 Å². The Bertz CT molecular complexity index is 332. The monoisotopic (exact) mass is 216 g/mol. The Morgan fingerprint density at radius 1 is 1.46 bits per heavy atom. The van der Waals surface area contributed by atoms with Crippen LogP contribution >= 0.6 is 23.2 Å². The number of benzene rings is 1. The second-order valence-corrected chi connectivity index (χ2v) is 3.95. The molecular formula is C10H10Cl2O. The molecule has 1 aromatic rings. The van der Waals surface area contributed by atoms with Crippen molar-refractivity contribution < 1.29 is 4.79 Å². The number of hydrogen-bond acceptors (Lipinski definition) is 1. The minimum atomic E-state index is -0.503. The Balaban J connectivity index is 3.15. The summed E-state index contributed by atoms with van der Waals surface area (Å²) in [6.45, 7) is 3.47. The minimum Gasteiger partial charge on any atom is -0.293 e. The largest absolute Gasteiger partial charge is 0.293 e. The summed E-state index contributed by atoms with van der Waals surface area (Å²) in [6.07, 6.45) is 0. The molecule has 3 heteroatoms. The molecule has 1 nitrogen and oxygen atoms in total. The van der Waals surface area contributed by atoms with Gasteiger partial charge in [0.2, 0.25) is 0 Å². The molecule has 0 saturated heterocycles. The van der Waals surface area contributed by atoms with Gasteiger partial charge in [-0.05, 0) is 25.5 Å². The number of alkyl halides is 1. The molecule has 1 atom stereocenters. The third-order valence-electron chi connectivity index (χ3n) is 1.89. The van der Waals surface area contributed by atoms with E-state index >= 15 is 0 Å². The molecule has 0 spiro atoms. The summed E-state index contributed by atoms with van der Waals surface area (Å²) in [6, 6.07) is 5.25. The molecule has 13 heavy (non-hydrogen) atoms. The van der Waals surface area contributed by atoms with Crippen molar-refractivity contribution in [1.29, 1.82) is 0 Å². The lowest BCUT2D eigenvalue weighted by atomic mass is 10.0. The summed E-state index contributed by atoms with van der Waals surface area (Å²) in [4.78, 5) is 11.5. The van der Waals surface area contributed by atoms with Crippen LogP contribution < -0.4 is 0 Å². The molecule has 0 aliphatic carbocycles. The molecule has 0 saturated carbocycles. The zero-order valence-electron chi connectivity index (χ0n) is 7.47. The maximum absolute atomic E-state index is 11.5. The van der Waals surface area contributed by atoms with Gasteiger partial charge in [0.25, 0.3) is 0 Å². The van der Waals surface area contributed by atoms with E-state index in [-0.39, 0.29) is 5.78 Å². The molecule has 1 unspecified atom stereocenters. The highest BCUT2D eigenvalue weighted by atomic mass is 35.5. The highest BCUT2D eigenvalue weighted by Gasteiger charge is 2.15. The lowest BCUT2D eigenvalue weighted by Gasteiger charge is -2.07. The topological polar surface area (TPSA) is 17.1 Å². The normalized spacial score (nSPS) is 12.6. The van der Waals surface area contributed by atoms with E-state index in [4.69, 9.17) is 23.2 Å². The van der Waals surface area contributed by atoms with Crippen LogP contribution in [0.25, 0.3) is 0 Å². The van der Waals surface area contributed by atoms with Gasteiger partial charge in [-0.1, -0.05) is 23.7 Å². The van der Waals surface area contributed by atoms with Gasteiger partial charge >= 0.3 is 0 Å². The summed E-state index contributed by atoms with van der Waals surface area (Å²) >= 11 is 11.6. The van der Waals surface area contributed by atoms with Crippen LogP contribution in [0.5, 0.6) is 0 Å². The number of Topliss-reactive ketones (excluding diaryl/α,β-unsaturated/α-hetero) is 1. The van der Waals surface area contributed by atoms with Crippen LogP contribution in [0.2, 0.25) is 5.02 Å². The fourth-order valence-electron chi connectivity index (χ4n) is 1.09. The summed E-state index contributed by atoms with van der Waals surface area (Å²) in [5, 5.41) is 0.0975. The highest BCUT2D eigenvalue weighted by Crippen LogP contribution is 2.20. The Morgan fingerprint density at radius 2 is 2.08 bits per heavy atom. The molecule has 0 aliphatic heterocycles. The molecular weight excluding hydrogens is 207 g/mol. The second kappa shape index (κ2) is 4.12. The first-order valence-electron chi connectivity index (χ1n) is 3.97. The van der Waals surface area contributed by atoms with E-state index in [9.17, 15) is 4.79 Å². The fraction of sp³-hybridized carbons (Fsp3) is 0.300. The number of carbonyl (C=O) groups is 1. The van der Waals surface area contributed by atoms with E-state index in [2.05, 4.69) is 0 Å². The van der Waals surface area contributed by atoms with Crippen molar-refractivity contribution in [3.63, 3.8) is 0 Å². The average molecular weight is 217 g/mol. The molecule has 70 valence electrons. The van der Waals surface area contributed by atoms with Gasteiger partial charge in [0.05, 0.1) is 5.38 Å². The maximum Gasteiger partial charge on any atom is 0.180 e. The molecule has 0 heterocycles. The van der Waals surface area contributed by atoms with Gasteiger partial charge < -0.3 is 0 Å². The standard InChI is InChI=1S/C10H10Cl2O/c1-6-8(10(13)7(2)11)4-3-5-9(6)12/h3-5,7H,1-2H3. The fourth-order valence-corrected chi connectivity index (χ4v) is 1.38.